The minimum Gasteiger partial charge on any atom is -0.488 e. The number of hydrogen-bond acceptors (Lipinski definition) is 6. The number of nitrogens with zero attached hydrogens (tertiary/aromatic N) is 3. The van der Waals surface area contributed by atoms with Crippen LogP contribution < -0.4 is 15.4 Å². The summed E-state index contributed by atoms with van der Waals surface area (Å²) in [6.45, 7) is 4.25. The van der Waals surface area contributed by atoms with Crippen molar-refractivity contribution in [3.63, 3.8) is 0 Å². The maximum absolute atomic E-state index is 12.7. The summed E-state index contributed by atoms with van der Waals surface area (Å²) >= 11 is 0. The molecule has 0 aliphatic carbocycles. The van der Waals surface area contributed by atoms with Crippen molar-refractivity contribution >= 4 is 17.4 Å². The third-order valence-electron chi connectivity index (χ3n) is 5.22. The van der Waals surface area contributed by atoms with Crippen LogP contribution >= 0.6 is 0 Å². The van der Waals surface area contributed by atoms with Gasteiger partial charge in [0.15, 0.2) is 5.82 Å². The van der Waals surface area contributed by atoms with Crippen LogP contribution in [0.15, 0.2) is 42.6 Å². The van der Waals surface area contributed by atoms with Crippen LogP contribution in [0, 0.1) is 0 Å². The van der Waals surface area contributed by atoms with Crippen LogP contribution in [0.1, 0.15) is 12.0 Å². The molecule has 1 unspecified atom stereocenters. The van der Waals surface area contributed by atoms with Crippen molar-refractivity contribution in [1.29, 1.82) is 0 Å². The zero-order valence-electron chi connectivity index (χ0n) is 15.9. The first-order valence-corrected chi connectivity index (χ1v) is 9.75. The SMILES string of the molecule is Nc1cccnc1N1CCN(C(=O)Cc2ccc(OC3CCOC3)cc2)CC1. The standard InChI is InChI=1S/C21H26N4O3/c22-19-2-1-8-23-21(19)25-11-9-24(10-12-25)20(26)14-16-3-5-17(6-4-16)28-18-7-13-27-15-18/h1-6,8,18H,7,9-15,22H2. The highest BCUT2D eigenvalue weighted by Gasteiger charge is 2.23. The molecule has 2 aliphatic rings. The fourth-order valence-corrected chi connectivity index (χ4v) is 3.61. The minimum atomic E-state index is 0.136. The Morgan fingerprint density at radius 1 is 1.18 bits per heavy atom. The summed E-state index contributed by atoms with van der Waals surface area (Å²) in [5.74, 6) is 1.78. The Labute approximate surface area is 165 Å². The highest BCUT2D eigenvalue weighted by Crippen LogP contribution is 2.21. The summed E-state index contributed by atoms with van der Waals surface area (Å²) in [6, 6.07) is 11.5. The Balaban J connectivity index is 1.28. The van der Waals surface area contributed by atoms with E-state index >= 15 is 0 Å². The van der Waals surface area contributed by atoms with E-state index in [1.807, 2.05) is 41.3 Å². The topological polar surface area (TPSA) is 80.9 Å². The lowest BCUT2D eigenvalue weighted by Crippen LogP contribution is -2.49. The average molecular weight is 382 g/mol. The molecule has 0 bridgehead atoms. The van der Waals surface area contributed by atoms with Crippen molar-refractivity contribution in [2.45, 2.75) is 18.9 Å². The van der Waals surface area contributed by atoms with Crippen molar-refractivity contribution < 1.29 is 14.3 Å². The summed E-state index contributed by atoms with van der Waals surface area (Å²) in [6.07, 6.45) is 3.21. The normalized spacial score (nSPS) is 19.6. The molecule has 2 N–H and O–H groups in total. The molecule has 0 spiro atoms. The van der Waals surface area contributed by atoms with Gasteiger partial charge in [-0.15, -0.1) is 0 Å². The molecule has 2 aromatic rings. The van der Waals surface area contributed by atoms with Gasteiger partial charge >= 0.3 is 0 Å². The highest BCUT2D eigenvalue weighted by atomic mass is 16.5. The lowest BCUT2D eigenvalue weighted by Gasteiger charge is -2.35. The largest absolute Gasteiger partial charge is 0.488 e. The Hall–Kier alpha value is -2.80. The monoisotopic (exact) mass is 382 g/mol. The van der Waals surface area contributed by atoms with E-state index < -0.39 is 0 Å². The second-order valence-corrected chi connectivity index (χ2v) is 7.21. The number of pyridine rings is 1. The number of hydrogen-bond donors (Lipinski definition) is 1. The Kier molecular flexibility index (Phi) is 5.62. The molecule has 4 rings (SSSR count). The third-order valence-corrected chi connectivity index (χ3v) is 5.22. The molecule has 148 valence electrons. The van der Waals surface area contributed by atoms with Gasteiger partial charge in [-0.3, -0.25) is 4.79 Å². The molecule has 7 nitrogen and oxygen atoms in total. The van der Waals surface area contributed by atoms with Gasteiger partial charge in [-0.2, -0.15) is 0 Å². The van der Waals surface area contributed by atoms with Crippen molar-refractivity contribution in [2.75, 3.05) is 50.0 Å². The van der Waals surface area contributed by atoms with Gasteiger partial charge in [0, 0.05) is 38.8 Å². The molecule has 0 saturated carbocycles. The number of nitrogens with two attached hydrogens (primary N) is 1. The van der Waals surface area contributed by atoms with E-state index in [0.717, 1.165) is 43.2 Å². The third kappa shape index (κ3) is 4.36. The predicted octanol–water partition coefficient (Wildman–Crippen LogP) is 1.72. The van der Waals surface area contributed by atoms with Gasteiger partial charge in [-0.05, 0) is 29.8 Å². The lowest BCUT2D eigenvalue weighted by atomic mass is 10.1. The van der Waals surface area contributed by atoms with Gasteiger partial charge in [-0.1, -0.05) is 12.1 Å². The van der Waals surface area contributed by atoms with Gasteiger partial charge in [0.1, 0.15) is 11.9 Å². The number of piperazine rings is 1. The minimum absolute atomic E-state index is 0.136. The maximum Gasteiger partial charge on any atom is 0.227 e. The van der Waals surface area contributed by atoms with Crippen molar-refractivity contribution in [2.24, 2.45) is 0 Å². The zero-order valence-corrected chi connectivity index (χ0v) is 15.9. The first-order chi connectivity index (χ1) is 13.7. The second-order valence-electron chi connectivity index (χ2n) is 7.21. The van der Waals surface area contributed by atoms with E-state index in [4.69, 9.17) is 15.2 Å². The fourth-order valence-electron chi connectivity index (χ4n) is 3.61. The molecular weight excluding hydrogens is 356 g/mol. The summed E-state index contributed by atoms with van der Waals surface area (Å²) in [4.78, 5) is 21.1. The van der Waals surface area contributed by atoms with E-state index in [-0.39, 0.29) is 12.0 Å². The van der Waals surface area contributed by atoms with Crippen LogP contribution in [0.2, 0.25) is 0 Å². The van der Waals surface area contributed by atoms with Crippen LogP contribution in [-0.2, 0) is 16.0 Å². The average Bonchev–Trinajstić information content (AvgIpc) is 3.23. The Morgan fingerprint density at radius 3 is 2.64 bits per heavy atom. The number of benzene rings is 1. The number of ether oxygens (including phenoxy) is 2. The molecule has 1 aromatic carbocycles. The number of anilines is 2. The van der Waals surface area contributed by atoms with Crippen LogP contribution in [0.25, 0.3) is 0 Å². The van der Waals surface area contributed by atoms with E-state index in [9.17, 15) is 4.79 Å². The molecule has 1 atom stereocenters. The number of carbonyl (C=O) groups is 1. The predicted molar refractivity (Wildman–Crippen MR) is 107 cm³/mol. The smallest absolute Gasteiger partial charge is 0.227 e. The van der Waals surface area contributed by atoms with E-state index in [1.165, 1.54) is 0 Å². The lowest BCUT2D eigenvalue weighted by molar-refractivity contribution is -0.130. The van der Waals surface area contributed by atoms with Crippen LogP contribution in [-0.4, -0.2) is 61.3 Å². The van der Waals surface area contributed by atoms with E-state index in [2.05, 4.69) is 9.88 Å². The van der Waals surface area contributed by atoms with E-state index in [0.29, 0.717) is 31.8 Å². The van der Waals surface area contributed by atoms with Crippen molar-refractivity contribution in [3.8, 4) is 5.75 Å². The molecule has 0 radical (unpaired) electrons. The first-order valence-electron chi connectivity index (χ1n) is 9.75. The Morgan fingerprint density at radius 2 is 1.96 bits per heavy atom. The molecule has 2 fully saturated rings. The van der Waals surface area contributed by atoms with E-state index in [1.54, 1.807) is 6.20 Å². The van der Waals surface area contributed by atoms with Crippen molar-refractivity contribution in [3.05, 3.63) is 48.2 Å². The quantitative estimate of drug-likeness (QED) is 0.848. The number of carbonyl (C=O) groups excluding carboxylic acids is 1. The molecule has 1 aromatic heterocycles. The summed E-state index contributed by atoms with van der Waals surface area (Å²) in [5.41, 5.74) is 7.68. The fraction of sp³-hybridized carbons (Fsp3) is 0.429. The molecule has 3 heterocycles. The van der Waals surface area contributed by atoms with Gasteiger partial charge in [0.05, 0.1) is 25.3 Å². The van der Waals surface area contributed by atoms with Gasteiger partial charge in [0.25, 0.3) is 0 Å². The number of amides is 1. The Bertz CT molecular complexity index is 798. The second kappa shape index (κ2) is 8.48. The molecule has 2 aliphatic heterocycles. The van der Waals surface area contributed by atoms with Crippen LogP contribution in [0.3, 0.4) is 0 Å². The van der Waals surface area contributed by atoms with Crippen molar-refractivity contribution in [1.82, 2.24) is 9.88 Å². The molecule has 1 amide bonds. The van der Waals surface area contributed by atoms with Crippen LogP contribution in [0.5, 0.6) is 5.75 Å². The molecular formula is C21H26N4O3. The number of rotatable bonds is 5. The van der Waals surface area contributed by atoms with Gasteiger partial charge in [-0.25, -0.2) is 4.98 Å². The number of nitrogen functional groups attached to an aromatic ring is 1. The van der Waals surface area contributed by atoms with Crippen LogP contribution in [0.4, 0.5) is 11.5 Å². The highest BCUT2D eigenvalue weighted by molar-refractivity contribution is 5.79. The molecule has 28 heavy (non-hydrogen) atoms. The molecule has 7 heteroatoms. The number of aromatic nitrogens is 1. The summed E-state index contributed by atoms with van der Waals surface area (Å²) in [7, 11) is 0. The van der Waals surface area contributed by atoms with Gasteiger partial charge < -0.3 is 25.0 Å². The van der Waals surface area contributed by atoms with Gasteiger partial charge in [0.2, 0.25) is 5.91 Å². The zero-order chi connectivity index (χ0) is 19.3. The summed E-state index contributed by atoms with van der Waals surface area (Å²) < 4.78 is 11.2. The maximum atomic E-state index is 12.7. The first kappa shape index (κ1) is 18.6. The summed E-state index contributed by atoms with van der Waals surface area (Å²) in [5, 5.41) is 0. The molecule has 2 saturated heterocycles.